The van der Waals surface area contributed by atoms with E-state index in [2.05, 4.69) is 0 Å². The SMILES string of the molecule is Nc1ccsc1.O=[PH](O)O. The number of anilines is 1. The van der Waals surface area contributed by atoms with Gasteiger partial charge in [-0.05, 0) is 11.4 Å². The van der Waals surface area contributed by atoms with Crippen molar-refractivity contribution in [2.24, 2.45) is 0 Å². The second kappa shape index (κ2) is 5.44. The molecule has 0 spiro atoms. The molecule has 6 heteroatoms. The smallest absolute Gasteiger partial charge is 0.314 e. The zero-order valence-corrected chi connectivity index (χ0v) is 6.84. The molecule has 0 aliphatic carbocycles. The summed E-state index contributed by atoms with van der Waals surface area (Å²) in [7, 11) is -3.13. The fourth-order valence-electron chi connectivity index (χ4n) is 0.275. The molecule has 0 saturated heterocycles. The molecule has 0 aliphatic heterocycles. The van der Waals surface area contributed by atoms with Gasteiger partial charge in [0, 0.05) is 11.1 Å². The molecular formula is C4H8NO3PS. The van der Waals surface area contributed by atoms with Crippen molar-refractivity contribution in [2.75, 3.05) is 5.73 Å². The van der Waals surface area contributed by atoms with Gasteiger partial charge in [-0.2, -0.15) is 11.3 Å². The molecule has 1 rings (SSSR count). The maximum Gasteiger partial charge on any atom is 0.314 e. The van der Waals surface area contributed by atoms with Gasteiger partial charge < -0.3 is 15.5 Å². The van der Waals surface area contributed by atoms with Gasteiger partial charge in [0.05, 0.1) is 0 Å². The first kappa shape index (κ1) is 9.65. The van der Waals surface area contributed by atoms with Gasteiger partial charge in [-0.1, -0.05) is 0 Å². The van der Waals surface area contributed by atoms with Crippen molar-refractivity contribution < 1.29 is 14.4 Å². The highest BCUT2D eigenvalue weighted by Crippen LogP contribution is 2.05. The summed E-state index contributed by atoms with van der Waals surface area (Å²) in [5.74, 6) is 0. The summed E-state index contributed by atoms with van der Waals surface area (Å²) in [4.78, 5) is 14.3. The highest BCUT2D eigenvalue weighted by Gasteiger charge is 1.74. The zero-order chi connectivity index (χ0) is 7.98. The molecule has 58 valence electrons. The van der Waals surface area contributed by atoms with Crippen LogP contribution in [0.1, 0.15) is 0 Å². The van der Waals surface area contributed by atoms with Crippen molar-refractivity contribution in [3.63, 3.8) is 0 Å². The van der Waals surface area contributed by atoms with Gasteiger partial charge in [-0.15, -0.1) is 0 Å². The first-order chi connectivity index (χ1) is 4.63. The monoisotopic (exact) mass is 181 g/mol. The summed E-state index contributed by atoms with van der Waals surface area (Å²) in [6.45, 7) is 0. The molecule has 0 fully saturated rings. The van der Waals surface area contributed by atoms with E-state index in [0.717, 1.165) is 5.69 Å². The average Bonchev–Trinajstić information content (AvgIpc) is 2.15. The van der Waals surface area contributed by atoms with E-state index in [4.69, 9.17) is 20.1 Å². The standard InChI is InChI=1S/C4H5NS.H3O3P/c5-4-1-2-6-3-4;1-4(2)3/h1-3H,5H2;4H,(H2,1,2,3). The predicted octanol–water partition coefficient (Wildman–Crippen LogP) is 0.691. The van der Waals surface area contributed by atoms with E-state index in [1.54, 1.807) is 11.3 Å². The first-order valence-electron chi connectivity index (χ1n) is 2.32. The predicted molar refractivity (Wildman–Crippen MR) is 42.2 cm³/mol. The van der Waals surface area contributed by atoms with Gasteiger partial charge in [0.2, 0.25) is 0 Å². The highest BCUT2D eigenvalue weighted by atomic mass is 32.1. The van der Waals surface area contributed by atoms with E-state index in [1.807, 2.05) is 16.8 Å². The topological polar surface area (TPSA) is 83.6 Å². The lowest BCUT2D eigenvalue weighted by molar-refractivity contribution is 0.405. The van der Waals surface area contributed by atoms with Crippen LogP contribution >= 0.6 is 19.6 Å². The van der Waals surface area contributed by atoms with Crippen molar-refractivity contribution in [3.05, 3.63) is 16.8 Å². The Hall–Kier alpha value is -0.350. The molecule has 0 bridgehead atoms. The van der Waals surface area contributed by atoms with Crippen molar-refractivity contribution in [1.82, 2.24) is 0 Å². The second-order valence-corrected chi connectivity index (χ2v) is 2.68. The molecule has 0 radical (unpaired) electrons. The number of nitrogens with two attached hydrogens (primary N) is 1. The van der Waals surface area contributed by atoms with Crippen molar-refractivity contribution in [3.8, 4) is 0 Å². The molecule has 0 unspecified atom stereocenters. The molecule has 1 aromatic heterocycles. The van der Waals surface area contributed by atoms with Gasteiger partial charge in [0.25, 0.3) is 0 Å². The number of hydrogen-bond acceptors (Lipinski definition) is 3. The summed E-state index contributed by atoms with van der Waals surface area (Å²) in [5, 5.41) is 3.86. The molecule has 0 aliphatic rings. The lowest BCUT2D eigenvalue weighted by Gasteiger charge is -1.68. The number of hydrogen-bond donors (Lipinski definition) is 3. The average molecular weight is 181 g/mol. The van der Waals surface area contributed by atoms with Crippen LogP contribution in [-0.2, 0) is 4.57 Å². The van der Waals surface area contributed by atoms with Gasteiger partial charge in [-0.3, -0.25) is 4.57 Å². The van der Waals surface area contributed by atoms with Crippen LogP contribution in [0.25, 0.3) is 0 Å². The Labute approximate surface area is 62.9 Å². The molecular weight excluding hydrogens is 173 g/mol. The van der Waals surface area contributed by atoms with Gasteiger partial charge in [0.1, 0.15) is 0 Å². The fraction of sp³-hybridized carbons (Fsp3) is 0. The van der Waals surface area contributed by atoms with Gasteiger partial charge >= 0.3 is 8.25 Å². The van der Waals surface area contributed by atoms with E-state index in [-0.39, 0.29) is 0 Å². The molecule has 0 aromatic carbocycles. The Kier molecular flexibility index (Phi) is 5.25. The van der Waals surface area contributed by atoms with E-state index < -0.39 is 8.25 Å². The van der Waals surface area contributed by atoms with Crippen LogP contribution in [0, 0.1) is 0 Å². The molecule has 4 nitrogen and oxygen atoms in total. The third kappa shape index (κ3) is 7.65. The number of thiophene rings is 1. The minimum atomic E-state index is -3.13. The molecule has 4 N–H and O–H groups in total. The first-order valence-corrected chi connectivity index (χ1v) is 4.57. The lowest BCUT2D eigenvalue weighted by atomic mass is 10.6. The van der Waals surface area contributed by atoms with Gasteiger partial charge in [-0.25, -0.2) is 0 Å². The van der Waals surface area contributed by atoms with Crippen molar-refractivity contribution >= 4 is 25.3 Å². The van der Waals surface area contributed by atoms with Crippen LogP contribution < -0.4 is 5.73 Å². The minimum absolute atomic E-state index is 0.861. The molecule has 1 aromatic rings. The molecule has 10 heavy (non-hydrogen) atoms. The van der Waals surface area contributed by atoms with E-state index in [1.165, 1.54) is 0 Å². The quantitative estimate of drug-likeness (QED) is 0.514. The normalized spacial score (nSPS) is 8.70. The Morgan fingerprint density at radius 2 is 2.10 bits per heavy atom. The third-order valence-electron chi connectivity index (χ3n) is 0.543. The van der Waals surface area contributed by atoms with E-state index >= 15 is 0 Å². The third-order valence-corrected chi connectivity index (χ3v) is 1.24. The Morgan fingerprint density at radius 1 is 1.60 bits per heavy atom. The maximum absolute atomic E-state index is 8.74. The van der Waals surface area contributed by atoms with Crippen molar-refractivity contribution in [1.29, 1.82) is 0 Å². The zero-order valence-electron chi connectivity index (χ0n) is 5.02. The summed E-state index contributed by atoms with van der Waals surface area (Å²) in [6, 6.07) is 1.88. The molecule has 0 saturated carbocycles. The maximum atomic E-state index is 8.74. The number of rotatable bonds is 0. The summed E-state index contributed by atoms with van der Waals surface area (Å²) < 4.78 is 8.74. The van der Waals surface area contributed by atoms with Crippen LogP contribution in [0.3, 0.4) is 0 Å². The van der Waals surface area contributed by atoms with E-state index in [0.29, 0.717) is 0 Å². The number of nitrogen functional groups attached to an aromatic ring is 1. The second-order valence-electron chi connectivity index (χ2n) is 1.34. The largest absolute Gasteiger partial charge is 0.398 e. The summed E-state index contributed by atoms with van der Waals surface area (Å²) >= 11 is 1.61. The Morgan fingerprint density at radius 3 is 2.20 bits per heavy atom. The molecule has 1 heterocycles. The van der Waals surface area contributed by atoms with Crippen LogP contribution in [0.4, 0.5) is 5.69 Å². The lowest BCUT2D eigenvalue weighted by Crippen LogP contribution is -1.74. The Balaban J connectivity index is 0.000000180. The van der Waals surface area contributed by atoms with Crippen molar-refractivity contribution in [2.45, 2.75) is 0 Å². The van der Waals surface area contributed by atoms with Crippen LogP contribution in [-0.4, -0.2) is 9.79 Å². The molecule has 0 amide bonds. The fourth-order valence-corrected chi connectivity index (χ4v) is 0.825. The summed E-state index contributed by atoms with van der Waals surface area (Å²) in [5.41, 5.74) is 6.15. The molecule has 0 atom stereocenters. The van der Waals surface area contributed by atoms with E-state index in [9.17, 15) is 0 Å². The van der Waals surface area contributed by atoms with Crippen LogP contribution in [0.15, 0.2) is 16.8 Å². The van der Waals surface area contributed by atoms with Gasteiger partial charge in [0.15, 0.2) is 0 Å². The minimum Gasteiger partial charge on any atom is -0.398 e. The Bertz CT molecular complexity index is 184. The van der Waals surface area contributed by atoms with Crippen LogP contribution in [0.5, 0.6) is 0 Å². The summed E-state index contributed by atoms with van der Waals surface area (Å²) in [6.07, 6.45) is 0. The highest BCUT2D eigenvalue weighted by molar-refractivity contribution is 7.30. The van der Waals surface area contributed by atoms with Crippen LogP contribution in [0.2, 0.25) is 0 Å².